The molecule has 0 saturated carbocycles. The molecule has 1 saturated heterocycles. The average Bonchev–Trinajstić information content (AvgIpc) is 3.10. The van der Waals surface area contributed by atoms with Gasteiger partial charge in [0.1, 0.15) is 18.5 Å². The van der Waals surface area contributed by atoms with E-state index in [0.29, 0.717) is 11.7 Å². The lowest BCUT2D eigenvalue weighted by atomic mass is 10.0. The van der Waals surface area contributed by atoms with Crippen LogP contribution in [-0.4, -0.2) is 54.6 Å². The van der Waals surface area contributed by atoms with Crippen LogP contribution in [0.2, 0.25) is 0 Å². The molecule has 3 aromatic heterocycles. The summed E-state index contributed by atoms with van der Waals surface area (Å²) < 4.78 is 1.58. The average molecular weight is 323 g/mol. The van der Waals surface area contributed by atoms with E-state index in [2.05, 4.69) is 40.5 Å². The Labute approximate surface area is 138 Å². The number of aryl methyl sites for hydroxylation is 1. The maximum Gasteiger partial charge on any atom is 0.175 e. The Hall–Kier alpha value is -3.10. The summed E-state index contributed by atoms with van der Waals surface area (Å²) in [5.41, 5.74) is 0.934. The normalized spacial score (nSPS) is 14.5. The zero-order valence-electron chi connectivity index (χ0n) is 13.2. The summed E-state index contributed by atoms with van der Waals surface area (Å²) in [6.45, 7) is 4.70. The van der Waals surface area contributed by atoms with Gasteiger partial charge in [0, 0.05) is 25.6 Å². The Kier molecular flexibility index (Phi) is 3.73. The second-order valence-corrected chi connectivity index (χ2v) is 5.79. The van der Waals surface area contributed by atoms with Gasteiger partial charge >= 0.3 is 0 Å². The Morgan fingerprint density at radius 1 is 1.12 bits per heavy atom. The number of anilines is 2. The van der Waals surface area contributed by atoms with Gasteiger partial charge in [0.05, 0.1) is 18.1 Å². The van der Waals surface area contributed by atoms with Crippen LogP contribution >= 0.6 is 0 Å². The van der Waals surface area contributed by atoms with Crippen molar-refractivity contribution in [2.45, 2.75) is 6.92 Å². The van der Waals surface area contributed by atoms with Crippen LogP contribution in [0.4, 0.5) is 11.6 Å². The smallest absolute Gasteiger partial charge is 0.175 e. The molecule has 0 aromatic carbocycles. The zero-order chi connectivity index (χ0) is 16.4. The Morgan fingerprint density at radius 2 is 2.04 bits per heavy atom. The quantitative estimate of drug-likeness (QED) is 0.733. The molecule has 0 bridgehead atoms. The van der Waals surface area contributed by atoms with E-state index in [9.17, 15) is 0 Å². The van der Waals surface area contributed by atoms with Crippen LogP contribution in [0.5, 0.6) is 0 Å². The van der Waals surface area contributed by atoms with Crippen LogP contribution in [-0.2, 0) is 0 Å². The van der Waals surface area contributed by atoms with Gasteiger partial charge in [-0.2, -0.15) is 10.2 Å². The van der Waals surface area contributed by atoms with Crippen molar-refractivity contribution < 1.29 is 0 Å². The van der Waals surface area contributed by atoms with Crippen molar-refractivity contribution >= 4 is 11.6 Å². The van der Waals surface area contributed by atoms with Gasteiger partial charge < -0.3 is 10.2 Å². The maximum absolute atomic E-state index is 4.48. The minimum absolute atomic E-state index is 0.546. The first kappa shape index (κ1) is 14.5. The van der Waals surface area contributed by atoms with Crippen molar-refractivity contribution in [3.63, 3.8) is 0 Å². The summed E-state index contributed by atoms with van der Waals surface area (Å²) in [6, 6.07) is 4.00. The minimum Gasteiger partial charge on any atom is -0.368 e. The number of hydrogen-bond acceptors (Lipinski definition) is 8. The number of rotatable bonds is 5. The number of aromatic nitrogens is 7. The lowest BCUT2D eigenvalue weighted by Crippen LogP contribution is -2.50. The Balaban J connectivity index is 1.31. The summed E-state index contributed by atoms with van der Waals surface area (Å²) in [4.78, 5) is 14.8. The first-order valence-electron chi connectivity index (χ1n) is 7.74. The molecule has 9 heteroatoms. The number of nitrogens with zero attached hydrogens (tertiary/aromatic N) is 8. The lowest BCUT2D eigenvalue weighted by Gasteiger charge is -2.40. The second-order valence-electron chi connectivity index (χ2n) is 5.79. The molecule has 0 atom stereocenters. The summed E-state index contributed by atoms with van der Waals surface area (Å²) in [6.07, 6.45) is 6.43. The van der Waals surface area contributed by atoms with E-state index in [1.54, 1.807) is 23.4 Å². The summed E-state index contributed by atoms with van der Waals surface area (Å²) in [5.74, 6) is 2.86. The third-order valence-electron chi connectivity index (χ3n) is 3.91. The second kappa shape index (κ2) is 6.19. The molecule has 9 nitrogen and oxygen atoms in total. The molecular formula is C15H17N9. The first-order chi connectivity index (χ1) is 11.8. The monoisotopic (exact) mass is 323 g/mol. The number of hydrogen-bond donors (Lipinski definition) is 1. The van der Waals surface area contributed by atoms with Gasteiger partial charge in [-0.3, -0.25) is 4.98 Å². The summed E-state index contributed by atoms with van der Waals surface area (Å²) in [7, 11) is 0. The van der Waals surface area contributed by atoms with Gasteiger partial charge in [-0.25, -0.2) is 14.6 Å². The molecule has 1 aliphatic rings. The van der Waals surface area contributed by atoms with E-state index in [0.717, 1.165) is 37.0 Å². The van der Waals surface area contributed by atoms with E-state index >= 15 is 0 Å². The van der Waals surface area contributed by atoms with E-state index in [4.69, 9.17) is 0 Å². The van der Waals surface area contributed by atoms with Crippen molar-refractivity contribution in [3.05, 3.63) is 42.9 Å². The summed E-state index contributed by atoms with van der Waals surface area (Å²) >= 11 is 0. The molecule has 1 aliphatic heterocycles. The molecule has 1 fully saturated rings. The van der Waals surface area contributed by atoms with Crippen molar-refractivity contribution in [1.29, 1.82) is 0 Å². The van der Waals surface area contributed by atoms with Gasteiger partial charge in [-0.15, -0.1) is 5.10 Å². The van der Waals surface area contributed by atoms with Crippen molar-refractivity contribution in [1.82, 2.24) is 34.9 Å². The predicted molar refractivity (Wildman–Crippen MR) is 87.9 cm³/mol. The van der Waals surface area contributed by atoms with Crippen molar-refractivity contribution in [2.75, 3.05) is 29.9 Å². The highest BCUT2D eigenvalue weighted by atomic mass is 15.3. The van der Waals surface area contributed by atoms with Crippen molar-refractivity contribution in [3.8, 4) is 5.82 Å². The molecule has 24 heavy (non-hydrogen) atoms. The molecule has 0 spiro atoms. The SMILES string of the molecule is Cc1ccc(N2CC(CNc3cncc(-n4cncn4)n3)C2)nn1. The van der Waals surface area contributed by atoms with Crippen LogP contribution in [0.3, 0.4) is 0 Å². The van der Waals surface area contributed by atoms with E-state index < -0.39 is 0 Å². The Morgan fingerprint density at radius 3 is 2.79 bits per heavy atom. The molecule has 4 heterocycles. The third kappa shape index (κ3) is 3.00. The van der Waals surface area contributed by atoms with Crippen LogP contribution < -0.4 is 10.2 Å². The highest BCUT2D eigenvalue weighted by Gasteiger charge is 2.27. The molecular weight excluding hydrogens is 306 g/mol. The van der Waals surface area contributed by atoms with E-state index in [1.165, 1.54) is 6.33 Å². The highest BCUT2D eigenvalue weighted by molar-refractivity contribution is 5.42. The fraction of sp³-hybridized carbons (Fsp3) is 0.333. The molecule has 0 unspecified atom stereocenters. The largest absolute Gasteiger partial charge is 0.368 e. The number of nitrogens with one attached hydrogen (secondary N) is 1. The lowest BCUT2D eigenvalue weighted by molar-refractivity contribution is 0.425. The summed E-state index contributed by atoms with van der Waals surface area (Å²) in [5, 5.41) is 15.7. The zero-order valence-corrected chi connectivity index (χ0v) is 13.2. The van der Waals surface area contributed by atoms with E-state index in [1.807, 2.05) is 19.1 Å². The van der Waals surface area contributed by atoms with Gasteiger partial charge in [0.25, 0.3) is 0 Å². The van der Waals surface area contributed by atoms with E-state index in [-0.39, 0.29) is 0 Å². The van der Waals surface area contributed by atoms with Gasteiger partial charge in [0.15, 0.2) is 11.6 Å². The highest BCUT2D eigenvalue weighted by Crippen LogP contribution is 2.22. The molecule has 0 radical (unpaired) electrons. The van der Waals surface area contributed by atoms with Crippen LogP contribution in [0.25, 0.3) is 5.82 Å². The maximum atomic E-state index is 4.48. The fourth-order valence-corrected chi connectivity index (χ4v) is 2.57. The molecule has 122 valence electrons. The van der Waals surface area contributed by atoms with Crippen LogP contribution in [0.15, 0.2) is 37.2 Å². The third-order valence-corrected chi connectivity index (χ3v) is 3.91. The molecule has 3 aromatic rings. The standard InChI is InChI=1S/C15H17N9/c1-11-2-3-14(22-21-11)23-7-12(8-23)4-18-13-5-16-6-15(20-13)24-10-17-9-19-24/h2-3,5-6,9-10,12H,4,7-8H2,1H3,(H,18,20). The minimum atomic E-state index is 0.546. The molecule has 0 amide bonds. The molecule has 1 N–H and O–H groups in total. The molecule has 0 aliphatic carbocycles. The van der Waals surface area contributed by atoms with Crippen LogP contribution in [0, 0.1) is 12.8 Å². The Bertz CT molecular complexity index is 794. The van der Waals surface area contributed by atoms with Gasteiger partial charge in [-0.1, -0.05) is 0 Å². The van der Waals surface area contributed by atoms with Crippen molar-refractivity contribution in [2.24, 2.45) is 5.92 Å². The predicted octanol–water partition coefficient (Wildman–Crippen LogP) is 0.704. The molecule has 4 rings (SSSR count). The van der Waals surface area contributed by atoms with Gasteiger partial charge in [0.2, 0.25) is 0 Å². The topological polar surface area (TPSA) is 97.5 Å². The van der Waals surface area contributed by atoms with Crippen LogP contribution in [0.1, 0.15) is 5.69 Å². The van der Waals surface area contributed by atoms with Gasteiger partial charge in [-0.05, 0) is 19.1 Å². The fourth-order valence-electron chi connectivity index (χ4n) is 2.57. The first-order valence-corrected chi connectivity index (χ1v) is 7.74.